The molecule has 116 valence electrons. The summed E-state index contributed by atoms with van der Waals surface area (Å²) in [6.45, 7) is 11.6. The van der Waals surface area contributed by atoms with Gasteiger partial charge in [0.1, 0.15) is 0 Å². The lowest BCUT2D eigenvalue weighted by Crippen LogP contribution is -2.41. The summed E-state index contributed by atoms with van der Waals surface area (Å²) in [7, 11) is 2.18. The van der Waals surface area contributed by atoms with E-state index in [2.05, 4.69) is 48.3 Å². The zero-order valence-electron chi connectivity index (χ0n) is 13.2. The van der Waals surface area contributed by atoms with Gasteiger partial charge in [-0.25, -0.2) is 0 Å². The molecule has 0 unspecified atom stereocenters. The van der Waals surface area contributed by atoms with Crippen LogP contribution in [0.5, 0.6) is 0 Å². The normalized spacial score (nSPS) is 11.3. The van der Waals surface area contributed by atoms with Crippen LogP contribution in [-0.4, -0.2) is 50.6 Å². The Morgan fingerprint density at radius 1 is 1.00 bits per heavy atom. The van der Waals surface area contributed by atoms with Crippen LogP contribution in [0.4, 0.5) is 0 Å². The monoisotopic (exact) mass is 384 g/mol. The quantitative estimate of drug-likeness (QED) is 0.263. The first-order valence-corrected chi connectivity index (χ1v) is 7.45. The van der Waals surface area contributed by atoms with Crippen LogP contribution < -0.4 is 10.6 Å². The van der Waals surface area contributed by atoms with Crippen LogP contribution in [-0.2, 0) is 0 Å². The molecule has 2 N–H and O–H groups in total. The van der Waals surface area contributed by atoms with Gasteiger partial charge in [-0.1, -0.05) is 26.7 Å². The summed E-state index contributed by atoms with van der Waals surface area (Å²) in [4.78, 5) is 6.91. The topological polar surface area (TPSA) is 39.7 Å². The van der Waals surface area contributed by atoms with Gasteiger partial charge < -0.3 is 15.5 Å². The Morgan fingerprint density at radius 2 is 1.68 bits per heavy atom. The van der Waals surface area contributed by atoms with Crippen molar-refractivity contribution < 1.29 is 0 Å². The van der Waals surface area contributed by atoms with E-state index in [1.807, 2.05) is 0 Å². The molecule has 0 radical (unpaired) electrons. The molecule has 0 amide bonds. The fraction of sp³-hybridized carbons (Fsp3) is 0.929. The second-order valence-corrected chi connectivity index (χ2v) is 4.70. The van der Waals surface area contributed by atoms with Crippen LogP contribution in [0.1, 0.15) is 46.5 Å². The van der Waals surface area contributed by atoms with Gasteiger partial charge in [-0.2, -0.15) is 0 Å². The second kappa shape index (κ2) is 16.0. The summed E-state index contributed by atoms with van der Waals surface area (Å²) < 4.78 is 0. The number of nitrogens with zero attached hydrogens (tertiary/aromatic N) is 2. The van der Waals surface area contributed by atoms with Gasteiger partial charge in [0.2, 0.25) is 0 Å². The highest BCUT2D eigenvalue weighted by molar-refractivity contribution is 14.0. The van der Waals surface area contributed by atoms with Crippen molar-refractivity contribution in [2.24, 2.45) is 4.99 Å². The van der Waals surface area contributed by atoms with Gasteiger partial charge in [0.25, 0.3) is 0 Å². The molecular formula is C14H33IN4. The summed E-state index contributed by atoms with van der Waals surface area (Å²) in [5, 5.41) is 6.66. The zero-order chi connectivity index (χ0) is 13.6. The number of unbranched alkanes of at least 4 members (excludes halogenated alkanes) is 2. The molecule has 0 aliphatic rings. The van der Waals surface area contributed by atoms with E-state index in [0.717, 1.165) is 38.6 Å². The van der Waals surface area contributed by atoms with Crippen molar-refractivity contribution in [2.45, 2.75) is 46.5 Å². The first-order chi connectivity index (χ1) is 8.74. The number of hydrogen-bond donors (Lipinski definition) is 2. The highest BCUT2D eigenvalue weighted by atomic mass is 127. The third-order valence-electron chi connectivity index (χ3n) is 2.81. The number of halogens is 1. The van der Waals surface area contributed by atoms with Gasteiger partial charge in [-0.05, 0) is 33.4 Å². The Morgan fingerprint density at radius 3 is 2.26 bits per heavy atom. The minimum atomic E-state index is 0. The Hall–Kier alpha value is -0.0400. The molecule has 0 saturated carbocycles. The Labute approximate surface area is 136 Å². The Balaban J connectivity index is 0. The molecule has 0 rings (SSSR count). The maximum absolute atomic E-state index is 4.54. The molecule has 0 saturated heterocycles. The Kier molecular flexibility index (Phi) is 17.9. The molecule has 19 heavy (non-hydrogen) atoms. The molecular weight excluding hydrogens is 351 g/mol. The van der Waals surface area contributed by atoms with Gasteiger partial charge >= 0.3 is 0 Å². The van der Waals surface area contributed by atoms with Gasteiger partial charge in [0.15, 0.2) is 5.96 Å². The molecule has 0 fully saturated rings. The highest BCUT2D eigenvalue weighted by Gasteiger charge is 1.99. The van der Waals surface area contributed by atoms with Crippen LogP contribution in [0.25, 0.3) is 0 Å². The molecule has 0 spiro atoms. The smallest absolute Gasteiger partial charge is 0.191 e. The van der Waals surface area contributed by atoms with E-state index in [1.165, 1.54) is 25.8 Å². The van der Waals surface area contributed by atoms with E-state index in [9.17, 15) is 0 Å². The average molecular weight is 384 g/mol. The van der Waals surface area contributed by atoms with E-state index in [4.69, 9.17) is 0 Å². The summed E-state index contributed by atoms with van der Waals surface area (Å²) in [6.07, 6.45) is 4.90. The molecule has 0 heterocycles. The van der Waals surface area contributed by atoms with Gasteiger partial charge in [-0.15, -0.1) is 24.0 Å². The summed E-state index contributed by atoms with van der Waals surface area (Å²) >= 11 is 0. The number of nitrogens with one attached hydrogen (secondary N) is 2. The standard InChI is InChI=1S/C14H32N4.HI/c1-5-8-10-16-14(15-7-3)17-11-13-18(4)12-9-6-2;/h5-13H2,1-4H3,(H2,15,16,17);1H. The molecule has 0 aliphatic heterocycles. The van der Waals surface area contributed by atoms with E-state index in [1.54, 1.807) is 0 Å². The van der Waals surface area contributed by atoms with Crippen molar-refractivity contribution in [2.75, 3.05) is 39.8 Å². The minimum absolute atomic E-state index is 0. The maximum atomic E-state index is 4.54. The molecule has 5 heteroatoms. The van der Waals surface area contributed by atoms with Crippen molar-refractivity contribution in [3.8, 4) is 0 Å². The van der Waals surface area contributed by atoms with Crippen LogP contribution >= 0.6 is 24.0 Å². The van der Waals surface area contributed by atoms with Crippen LogP contribution in [0.3, 0.4) is 0 Å². The van der Waals surface area contributed by atoms with Crippen LogP contribution in [0.15, 0.2) is 4.99 Å². The lowest BCUT2D eigenvalue weighted by molar-refractivity contribution is 0.332. The lowest BCUT2D eigenvalue weighted by atomic mass is 10.3. The first-order valence-electron chi connectivity index (χ1n) is 7.45. The summed E-state index contributed by atoms with van der Waals surface area (Å²) in [5.74, 6) is 0.954. The van der Waals surface area contributed by atoms with Gasteiger partial charge in [0, 0.05) is 26.2 Å². The SMILES string of the molecule is CCCCN=C(NCC)NCCN(C)CCCC.I. The third-order valence-corrected chi connectivity index (χ3v) is 2.81. The van der Waals surface area contributed by atoms with Gasteiger partial charge in [0.05, 0.1) is 0 Å². The average Bonchev–Trinajstić information content (AvgIpc) is 2.36. The largest absolute Gasteiger partial charge is 0.357 e. The molecule has 0 bridgehead atoms. The predicted molar refractivity (Wildman–Crippen MR) is 96.7 cm³/mol. The van der Waals surface area contributed by atoms with Crippen molar-refractivity contribution in [1.82, 2.24) is 15.5 Å². The van der Waals surface area contributed by atoms with Gasteiger partial charge in [-0.3, -0.25) is 4.99 Å². The van der Waals surface area contributed by atoms with E-state index >= 15 is 0 Å². The predicted octanol–water partition coefficient (Wildman–Crippen LogP) is 2.69. The minimum Gasteiger partial charge on any atom is -0.357 e. The van der Waals surface area contributed by atoms with Crippen LogP contribution in [0.2, 0.25) is 0 Å². The van der Waals surface area contributed by atoms with E-state index in [0.29, 0.717) is 0 Å². The molecule has 0 aromatic carbocycles. The molecule has 4 nitrogen and oxygen atoms in total. The number of hydrogen-bond acceptors (Lipinski definition) is 2. The number of rotatable bonds is 10. The molecule has 0 aromatic heterocycles. The first kappa shape index (κ1) is 21.3. The number of guanidine groups is 1. The van der Waals surface area contributed by atoms with E-state index < -0.39 is 0 Å². The number of aliphatic imine (C=N–C) groups is 1. The van der Waals surface area contributed by atoms with Crippen molar-refractivity contribution in [1.29, 1.82) is 0 Å². The zero-order valence-corrected chi connectivity index (χ0v) is 15.5. The summed E-state index contributed by atoms with van der Waals surface area (Å²) in [6, 6.07) is 0. The molecule has 0 aliphatic carbocycles. The highest BCUT2D eigenvalue weighted by Crippen LogP contribution is 1.90. The fourth-order valence-electron chi connectivity index (χ4n) is 1.60. The third kappa shape index (κ3) is 14.2. The summed E-state index contributed by atoms with van der Waals surface area (Å²) in [5.41, 5.74) is 0. The molecule has 0 atom stereocenters. The van der Waals surface area contributed by atoms with Crippen molar-refractivity contribution in [3.63, 3.8) is 0 Å². The van der Waals surface area contributed by atoms with E-state index in [-0.39, 0.29) is 24.0 Å². The Bertz CT molecular complexity index is 210. The maximum Gasteiger partial charge on any atom is 0.191 e. The molecule has 0 aromatic rings. The number of likely N-dealkylation sites (N-methyl/N-ethyl adjacent to an activating group) is 1. The second-order valence-electron chi connectivity index (χ2n) is 4.70. The van der Waals surface area contributed by atoms with Crippen LogP contribution in [0, 0.1) is 0 Å². The van der Waals surface area contributed by atoms with Crippen molar-refractivity contribution in [3.05, 3.63) is 0 Å². The van der Waals surface area contributed by atoms with Crippen molar-refractivity contribution >= 4 is 29.9 Å². The lowest BCUT2D eigenvalue weighted by Gasteiger charge is -2.17. The fourth-order valence-corrected chi connectivity index (χ4v) is 1.60.